The van der Waals surface area contributed by atoms with Crippen molar-refractivity contribution < 1.29 is 9.18 Å². The summed E-state index contributed by atoms with van der Waals surface area (Å²) in [4.78, 5) is 24.0. The van der Waals surface area contributed by atoms with Crippen molar-refractivity contribution in [3.8, 4) is 11.4 Å². The fourth-order valence-corrected chi connectivity index (χ4v) is 3.73. The fourth-order valence-electron chi connectivity index (χ4n) is 3.73. The molecule has 0 radical (unpaired) electrons. The molecule has 1 atom stereocenters. The predicted molar refractivity (Wildman–Crippen MR) is 117 cm³/mol. The molecule has 1 aliphatic rings. The number of carbonyl (C=O) groups excluding carboxylic acids is 1. The number of amides is 1. The number of halogens is 1. The monoisotopic (exact) mass is 404 g/mol. The highest BCUT2D eigenvalue weighted by Crippen LogP contribution is 2.25. The predicted octanol–water partition coefficient (Wildman–Crippen LogP) is 4.75. The zero-order chi connectivity index (χ0) is 21.1. The van der Waals surface area contributed by atoms with Gasteiger partial charge >= 0.3 is 0 Å². The smallest absolute Gasteiger partial charge is 0.229 e. The minimum atomic E-state index is -0.288. The summed E-state index contributed by atoms with van der Waals surface area (Å²) in [5.74, 6) is 0.978. The topological polar surface area (TPSA) is 58.1 Å². The summed E-state index contributed by atoms with van der Waals surface area (Å²) in [5.41, 5.74) is 3.96. The van der Waals surface area contributed by atoms with Crippen LogP contribution in [-0.2, 0) is 4.79 Å². The molecule has 1 aromatic heterocycles. The van der Waals surface area contributed by atoms with Gasteiger partial charge in [0.2, 0.25) is 5.91 Å². The summed E-state index contributed by atoms with van der Waals surface area (Å²) in [6.45, 7) is 5.55. The summed E-state index contributed by atoms with van der Waals surface area (Å²) < 4.78 is 13.2. The second-order valence-corrected chi connectivity index (χ2v) is 7.82. The van der Waals surface area contributed by atoms with Crippen molar-refractivity contribution in [2.24, 2.45) is 5.92 Å². The van der Waals surface area contributed by atoms with Gasteiger partial charge in [0.1, 0.15) is 11.6 Å². The minimum Gasteiger partial charge on any atom is -0.356 e. The molecule has 1 saturated heterocycles. The van der Waals surface area contributed by atoms with Crippen molar-refractivity contribution in [1.29, 1.82) is 0 Å². The Hall–Kier alpha value is -3.28. The van der Waals surface area contributed by atoms with Crippen molar-refractivity contribution >= 4 is 17.4 Å². The first kappa shape index (κ1) is 20.0. The van der Waals surface area contributed by atoms with E-state index < -0.39 is 0 Å². The van der Waals surface area contributed by atoms with E-state index in [2.05, 4.69) is 27.1 Å². The van der Waals surface area contributed by atoms with Crippen LogP contribution in [0.2, 0.25) is 0 Å². The summed E-state index contributed by atoms with van der Waals surface area (Å²) >= 11 is 0. The van der Waals surface area contributed by atoms with Gasteiger partial charge in [0.15, 0.2) is 5.82 Å². The van der Waals surface area contributed by atoms with Gasteiger partial charge in [0.05, 0.1) is 5.92 Å². The lowest BCUT2D eigenvalue weighted by molar-refractivity contribution is -0.120. The van der Waals surface area contributed by atoms with Gasteiger partial charge in [-0.25, -0.2) is 14.4 Å². The number of nitrogens with one attached hydrogen (secondary N) is 1. The van der Waals surface area contributed by atoms with Gasteiger partial charge in [-0.3, -0.25) is 4.79 Å². The zero-order valence-electron chi connectivity index (χ0n) is 17.2. The van der Waals surface area contributed by atoms with Crippen LogP contribution in [0.25, 0.3) is 11.4 Å². The van der Waals surface area contributed by atoms with Gasteiger partial charge in [0, 0.05) is 30.5 Å². The molecule has 0 saturated carbocycles. The molecular formula is C24H25FN4O. The lowest BCUT2D eigenvalue weighted by Gasteiger charge is -2.33. The van der Waals surface area contributed by atoms with E-state index in [9.17, 15) is 9.18 Å². The highest BCUT2D eigenvalue weighted by Gasteiger charge is 2.27. The van der Waals surface area contributed by atoms with Crippen molar-refractivity contribution in [3.05, 3.63) is 71.7 Å². The Morgan fingerprint density at radius 3 is 2.67 bits per heavy atom. The number of rotatable bonds is 4. The average molecular weight is 404 g/mol. The van der Waals surface area contributed by atoms with E-state index >= 15 is 0 Å². The van der Waals surface area contributed by atoms with E-state index in [4.69, 9.17) is 0 Å². The molecule has 0 unspecified atom stereocenters. The van der Waals surface area contributed by atoms with Crippen LogP contribution in [0.3, 0.4) is 0 Å². The van der Waals surface area contributed by atoms with Crippen LogP contribution < -0.4 is 10.2 Å². The first-order chi connectivity index (χ1) is 14.5. The summed E-state index contributed by atoms with van der Waals surface area (Å²) in [6, 6.07) is 14.0. The van der Waals surface area contributed by atoms with Crippen LogP contribution in [0.5, 0.6) is 0 Å². The van der Waals surface area contributed by atoms with Gasteiger partial charge < -0.3 is 10.2 Å². The molecule has 3 aromatic rings. The van der Waals surface area contributed by atoms with E-state index in [1.165, 1.54) is 17.7 Å². The number of aryl methyl sites for hydroxylation is 2. The van der Waals surface area contributed by atoms with Gasteiger partial charge in [-0.15, -0.1) is 0 Å². The molecule has 6 heteroatoms. The molecule has 1 fully saturated rings. The largest absolute Gasteiger partial charge is 0.356 e. The van der Waals surface area contributed by atoms with E-state index in [1.54, 1.807) is 18.3 Å². The standard InChI is InChI=1S/C24H25FN4O/c1-16-5-10-21(14-17(16)2)27-24(30)19-4-3-13-29(15-19)22-11-12-26-23(28-22)18-6-8-20(25)9-7-18/h5-12,14,19H,3-4,13,15H2,1-2H3,(H,27,30)/t19-/m0/s1. The van der Waals surface area contributed by atoms with Crippen LogP contribution in [0, 0.1) is 25.6 Å². The maximum Gasteiger partial charge on any atom is 0.229 e. The van der Waals surface area contributed by atoms with Crippen LogP contribution in [0.15, 0.2) is 54.7 Å². The fraction of sp³-hybridized carbons (Fsp3) is 0.292. The van der Waals surface area contributed by atoms with Crippen LogP contribution >= 0.6 is 0 Å². The van der Waals surface area contributed by atoms with Gasteiger partial charge in [-0.1, -0.05) is 6.07 Å². The number of hydrogen-bond acceptors (Lipinski definition) is 4. The molecule has 154 valence electrons. The van der Waals surface area contributed by atoms with E-state index in [-0.39, 0.29) is 17.6 Å². The molecule has 2 heterocycles. The molecule has 1 aliphatic heterocycles. The minimum absolute atomic E-state index is 0.0377. The quantitative estimate of drug-likeness (QED) is 0.681. The molecule has 30 heavy (non-hydrogen) atoms. The molecular weight excluding hydrogens is 379 g/mol. The van der Waals surface area contributed by atoms with E-state index in [1.807, 2.05) is 31.2 Å². The normalized spacial score (nSPS) is 16.4. The van der Waals surface area contributed by atoms with E-state index in [0.717, 1.165) is 42.0 Å². The SMILES string of the molecule is Cc1ccc(NC(=O)[C@H]2CCCN(c3ccnc(-c4ccc(F)cc4)n3)C2)cc1C. The second kappa shape index (κ2) is 8.61. The van der Waals surface area contributed by atoms with E-state index in [0.29, 0.717) is 12.4 Å². The van der Waals surface area contributed by atoms with Gasteiger partial charge in [-0.2, -0.15) is 0 Å². The Balaban J connectivity index is 1.47. The maximum absolute atomic E-state index is 13.2. The summed E-state index contributed by atoms with van der Waals surface area (Å²) in [6.07, 6.45) is 3.48. The van der Waals surface area contributed by atoms with Crippen molar-refractivity contribution in [3.63, 3.8) is 0 Å². The first-order valence-corrected chi connectivity index (χ1v) is 10.2. The molecule has 0 bridgehead atoms. The Kier molecular flexibility index (Phi) is 5.74. The number of piperidine rings is 1. The summed E-state index contributed by atoms with van der Waals surface area (Å²) in [7, 11) is 0. The Morgan fingerprint density at radius 1 is 1.10 bits per heavy atom. The van der Waals surface area contributed by atoms with Crippen molar-refractivity contribution in [2.75, 3.05) is 23.3 Å². The molecule has 1 amide bonds. The zero-order valence-corrected chi connectivity index (χ0v) is 17.2. The molecule has 4 rings (SSSR count). The number of hydrogen-bond donors (Lipinski definition) is 1. The Morgan fingerprint density at radius 2 is 1.90 bits per heavy atom. The molecule has 0 spiro atoms. The Bertz CT molecular complexity index is 1050. The Labute approximate surface area is 176 Å². The van der Waals surface area contributed by atoms with Crippen LogP contribution in [-0.4, -0.2) is 29.0 Å². The van der Waals surface area contributed by atoms with Crippen LogP contribution in [0.4, 0.5) is 15.9 Å². The number of carbonyl (C=O) groups is 1. The van der Waals surface area contributed by atoms with Gasteiger partial charge in [0.25, 0.3) is 0 Å². The van der Waals surface area contributed by atoms with Crippen molar-refractivity contribution in [2.45, 2.75) is 26.7 Å². The maximum atomic E-state index is 13.2. The number of aromatic nitrogens is 2. The average Bonchev–Trinajstić information content (AvgIpc) is 2.77. The van der Waals surface area contributed by atoms with Crippen LogP contribution in [0.1, 0.15) is 24.0 Å². The lowest BCUT2D eigenvalue weighted by Crippen LogP contribution is -2.41. The molecule has 1 N–H and O–H groups in total. The molecule has 2 aromatic carbocycles. The second-order valence-electron chi connectivity index (χ2n) is 7.82. The number of nitrogens with zero attached hydrogens (tertiary/aromatic N) is 3. The third-order valence-corrected chi connectivity index (χ3v) is 5.63. The highest BCUT2D eigenvalue weighted by atomic mass is 19.1. The molecule has 0 aliphatic carbocycles. The number of anilines is 2. The van der Waals surface area contributed by atoms with Crippen molar-refractivity contribution in [1.82, 2.24) is 9.97 Å². The lowest BCUT2D eigenvalue weighted by atomic mass is 9.97. The van der Waals surface area contributed by atoms with Gasteiger partial charge in [-0.05, 0) is 80.3 Å². The molecule has 5 nitrogen and oxygen atoms in total. The summed E-state index contributed by atoms with van der Waals surface area (Å²) in [5, 5.41) is 3.06. The highest BCUT2D eigenvalue weighted by molar-refractivity contribution is 5.93. The first-order valence-electron chi connectivity index (χ1n) is 10.2. The third kappa shape index (κ3) is 4.48. The third-order valence-electron chi connectivity index (χ3n) is 5.63. The number of benzene rings is 2.